The number of primary amides is 1. The van der Waals surface area contributed by atoms with Gasteiger partial charge in [-0.3, -0.25) is 4.79 Å². The van der Waals surface area contributed by atoms with Gasteiger partial charge in [-0.1, -0.05) is 0 Å². The number of halogens is 1. The fourth-order valence-electron chi connectivity index (χ4n) is 2.74. The van der Waals surface area contributed by atoms with E-state index in [9.17, 15) is 9.18 Å². The quantitative estimate of drug-likeness (QED) is 0.883. The molecule has 1 aromatic carbocycles. The van der Waals surface area contributed by atoms with Crippen molar-refractivity contribution in [3.63, 3.8) is 0 Å². The molecule has 0 saturated carbocycles. The number of nitrogens with one attached hydrogen (secondary N) is 1. The maximum Gasteiger partial charge on any atom is 0.222 e. The van der Waals surface area contributed by atoms with Gasteiger partial charge in [-0.15, -0.1) is 0 Å². The van der Waals surface area contributed by atoms with Gasteiger partial charge < -0.3 is 16.0 Å². The van der Waals surface area contributed by atoms with E-state index in [1.807, 2.05) is 14.0 Å². The third kappa shape index (κ3) is 3.10. The molecule has 2 rings (SSSR count). The number of hydrogen-bond donors (Lipinski definition) is 2. The molecule has 20 heavy (non-hydrogen) atoms. The number of anilines is 1. The molecule has 4 nitrogen and oxygen atoms in total. The molecule has 5 heteroatoms. The lowest BCUT2D eigenvalue weighted by molar-refractivity contribution is -0.122. The van der Waals surface area contributed by atoms with Gasteiger partial charge in [0.05, 0.1) is 5.92 Å². The van der Waals surface area contributed by atoms with Crippen molar-refractivity contribution in [2.75, 3.05) is 25.0 Å². The highest BCUT2D eigenvalue weighted by atomic mass is 19.1. The summed E-state index contributed by atoms with van der Waals surface area (Å²) in [6, 6.07) is 4.87. The van der Waals surface area contributed by atoms with Crippen LogP contribution in [0.15, 0.2) is 18.2 Å². The van der Waals surface area contributed by atoms with E-state index in [0.29, 0.717) is 6.54 Å². The van der Waals surface area contributed by atoms with Crippen molar-refractivity contribution in [2.45, 2.75) is 25.8 Å². The highest BCUT2D eigenvalue weighted by Crippen LogP contribution is 2.30. The summed E-state index contributed by atoms with van der Waals surface area (Å²) < 4.78 is 13.5. The van der Waals surface area contributed by atoms with E-state index < -0.39 is 0 Å². The first kappa shape index (κ1) is 14.8. The molecule has 1 heterocycles. The minimum Gasteiger partial charge on any atom is -0.370 e. The Hall–Kier alpha value is -1.62. The highest BCUT2D eigenvalue weighted by molar-refractivity contribution is 5.77. The summed E-state index contributed by atoms with van der Waals surface area (Å²) in [6.07, 6.45) is 1.77. The first-order chi connectivity index (χ1) is 9.52. The standard InChI is InChI=1S/C15H22FN3O/c1-10(18-2)13-8-12(16)5-6-14(13)19-7-3-4-11(9-19)15(17)20/h5-6,8,10-11,18H,3-4,7,9H2,1-2H3,(H2,17,20). The molecular formula is C15H22FN3O. The average molecular weight is 279 g/mol. The molecule has 3 N–H and O–H groups in total. The van der Waals surface area contributed by atoms with E-state index in [4.69, 9.17) is 5.73 Å². The highest BCUT2D eigenvalue weighted by Gasteiger charge is 2.26. The van der Waals surface area contributed by atoms with E-state index in [-0.39, 0.29) is 23.7 Å². The number of hydrogen-bond acceptors (Lipinski definition) is 3. The zero-order valence-electron chi connectivity index (χ0n) is 12.0. The van der Waals surface area contributed by atoms with Crippen molar-refractivity contribution in [3.8, 4) is 0 Å². The zero-order valence-corrected chi connectivity index (χ0v) is 12.0. The van der Waals surface area contributed by atoms with Crippen LogP contribution >= 0.6 is 0 Å². The van der Waals surface area contributed by atoms with Gasteiger partial charge in [0.25, 0.3) is 0 Å². The third-order valence-corrected chi connectivity index (χ3v) is 4.05. The van der Waals surface area contributed by atoms with Gasteiger partial charge in [0, 0.05) is 24.8 Å². The van der Waals surface area contributed by atoms with Crippen molar-refractivity contribution in [2.24, 2.45) is 11.7 Å². The smallest absolute Gasteiger partial charge is 0.222 e. The minimum atomic E-state index is -0.250. The molecule has 0 spiro atoms. The molecule has 0 radical (unpaired) electrons. The summed E-state index contributed by atoms with van der Waals surface area (Å²) in [4.78, 5) is 13.5. The molecule has 0 aromatic heterocycles. The Labute approximate surface area is 119 Å². The molecular weight excluding hydrogens is 257 g/mol. The minimum absolute atomic E-state index is 0.0506. The van der Waals surface area contributed by atoms with Crippen LogP contribution in [0.4, 0.5) is 10.1 Å². The predicted molar refractivity (Wildman–Crippen MR) is 78.0 cm³/mol. The second-order valence-electron chi connectivity index (χ2n) is 5.40. The molecule has 2 atom stereocenters. The molecule has 110 valence electrons. The fraction of sp³-hybridized carbons (Fsp3) is 0.533. The average Bonchev–Trinajstić information content (AvgIpc) is 2.46. The van der Waals surface area contributed by atoms with Crippen molar-refractivity contribution in [1.29, 1.82) is 0 Å². The first-order valence-corrected chi connectivity index (χ1v) is 7.04. The molecule has 1 amide bonds. The SMILES string of the molecule is CNC(C)c1cc(F)ccc1N1CCCC(C(N)=O)C1. The number of piperidine rings is 1. The summed E-state index contributed by atoms with van der Waals surface area (Å²) in [5.41, 5.74) is 7.32. The van der Waals surface area contributed by atoms with Gasteiger partial charge in [-0.05, 0) is 50.6 Å². The number of benzene rings is 1. The Bertz CT molecular complexity index is 492. The monoisotopic (exact) mass is 279 g/mol. The van der Waals surface area contributed by atoms with E-state index in [2.05, 4.69) is 10.2 Å². The second-order valence-corrected chi connectivity index (χ2v) is 5.40. The van der Waals surface area contributed by atoms with Crippen LogP contribution < -0.4 is 16.0 Å². The molecule has 1 aliphatic rings. The van der Waals surface area contributed by atoms with Crippen LogP contribution in [0.25, 0.3) is 0 Å². The van der Waals surface area contributed by atoms with Gasteiger partial charge in [-0.2, -0.15) is 0 Å². The van der Waals surface area contributed by atoms with Gasteiger partial charge in [0.15, 0.2) is 0 Å². The Morgan fingerprint density at radius 1 is 1.55 bits per heavy atom. The largest absolute Gasteiger partial charge is 0.370 e. The summed E-state index contributed by atoms with van der Waals surface area (Å²) in [5.74, 6) is -0.610. The Balaban J connectivity index is 2.29. The van der Waals surface area contributed by atoms with Crippen LogP contribution in [0.3, 0.4) is 0 Å². The number of carbonyl (C=O) groups is 1. The Morgan fingerprint density at radius 3 is 2.95 bits per heavy atom. The van der Waals surface area contributed by atoms with Crippen molar-refractivity contribution in [3.05, 3.63) is 29.6 Å². The molecule has 1 fully saturated rings. The lowest BCUT2D eigenvalue weighted by Crippen LogP contribution is -2.41. The first-order valence-electron chi connectivity index (χ1n) is 7.04. The predicted octanol–water partition coefficient (Wildman–Crippen LogP) is 1.81. The molecule has 1 aliphatic heterocycles. The molecule has 0 aliphatic carbocycles. The van der Waals surface area contributed by atoms with Gasteiger partial charge in [0.2, 0.25) is 5.91 Å². The fourth-order valence-corrected chi connectivity index (χ4v) is 2.74. The number of nitrogens with zero attached hydrogens (tertiary/aromatic N) is 1. The second kappa shape index (κ2) is 6.22. The Kier molecular flexibility index (Phi) is 4.60. The number of rotatable bonds is 4. The van der Waals surface area contributed by atoms with Crippen molar-refractivity contribution >= 4 is 11.6 Å². The number of nitrogens with two attached hydrogens (primary N) is 1. The molecule has 1 aromatic rings. The van der Waals surface area contributed by atoms with E-state index in [1.54, 1.807) is 12.1 Å². The topological polar surface area (TPSA) is 58.4 Å². The van der Waals surface area contributed by atoms with Crippen molar-refractivity contribution < 1.29 is 9.18 Å². The lowest BCUT2D eigenvalue weighted by Gasteiger charge is -2.35. The molecule has 2 unspecified atom stereocenters. The van der Waals surface area contributed by atoms with Crippen LogP contribution in [0.2, 0.25) is 0 Å². The van der Waals surface area contributed by atoms with E-state index in [1.165, 1.54) is 6.07 Å². The maximum atomic E-state index is 13.5. The number of carbonyl (C=O) groups excluding carboxylic acids is 1. The van der Waals surface area contributed by atoms with Crippen LogP contribution in [0, 0.1) is 11.7 Å². The molecule has 1 saturated heterocycles. The van der Waals surface area contributed by atoms with Crippen molar-refractivity contribution in [1.82, 2.24) is 5.32 Å². The maximum absolute atomic E-state index is 13.5. The van der Waals surface area contributed by atoms with Crippen LogP contribution in [0.1, 0.15) is 31.4 Å². The summed E-state index contributed by atoms with van der Waals surface area (Å²) in [7, 11) is 1.85. The Morgan fingerprint density at radius 2 is 2.30 bits per heavy atom. The lowest BCUT2D eigenvalue weighted by atomic mass is 9.95. The summed E-state index contributed by atoms with van der Waals surface area (Å²) in [6.45, 7) is 3.48. The summed E-state index contributed by atoms with van der Waals surface area (Å²) >= 11 is 0. The molecule has 0 bridgehead atoms. The van der Waals surface area contributed by atoms with Gasteiger partial charge in [-0.25, -0.2) is 4.39 Å². The summed E-state index contributed by atoms with van der Waals surface area (Å²) in [5, 5.41) is 3.14. The third-order valence-electron chi connectivity index (χ3n) is 4.05. The van der Waals surface area contributed by atoms with Gasteiger partial charge in [0.1, 0.15) is 5.82 Å². The number of amides is 1. The van der Waals surface area contributed by atoms with Crippen LogP contribution in [0.5, 0.6) is 0 Å². The van der Waals surface area contributed by atoms with Crippen LogP contribution in [-0.2, 0) is 4.79 Å². The zero-order chi connectivity index (χ0) is 14.7. The van der Waals surface area contributed by atoms with Crippen LogP contribution in [-0.4, -0.2) is 26.0 Å². The normalized spacial score (nSPS) is 20.8. The van der Waals surface area contributed by atoms with E-state index in [0.717, 1.165) is 30.6 Å². The van der Waals surface area contributed by atoms with Gasteiger partial charge >= 0.3 is 0 Å². The van der Waals surface area contributed by atoms with E-state index >= 15 is 0 Å².